The maximum Gasteiger partial charge on any atom is 0.265 e. The van der Waals surface area contributed by atoms with Crippen LogP contribution in [-0.2, 0) is 16.6 Å². The van der Waals surface area contributed by atoms with E-state index in [2.05, 4.69) is 19.8 Å². The predicted molar refractivity (Wildman–Crippen MR) is 84.1 cm³/mol. The second-order valence-corrected chi connectivity index (χ2v) is 7.79. The summed E-state index contributed by atoms with van der Waals surface area (Å²) in [5, 5.41) is 3.92. The van der Waals surface area contributed by atoms with E-state index in [4.69, 9.17) is 4.52 Å². The predicted octanol–water partition coefficient (Wildman–Crippen LogP) is 0.429. The molecule has 22 heavy (non-hydrogen) atoms. The maximum absolute atomic E-state index is 11.1. The van der Waals surface area contributed by atoms with E-state index in [9.17, 15) is 8.42 Å². The van der Waals surface area contributed by atoms with Gasteiger partial charge in [-0.25, -0.2) is 13.1 Å². The Morgan fingerprint density at radius 3 is 2.82 bits per heavy atom. The molecule has 0 spiro atoms. The SMILES string of the molecule is CN(C)c1noc(CN2CCCC[C@@H]2CCNS(C)(=O)=O)n1. The van der Waals surface area contributed by atoms with Crippen molar-refractivity contribution < 1.29 is 12.9 Å². The van der Waals surface area contributed by atoms with Gasteiger partial charge in [-0.05, 0) is 31.0 Å². The van der Waals surface area contributed by atoms with Gasteiger partial charge in [-0.1, -0.05) is 6.42 Å². The Labute approximate surface area is 131 Å². The highest BCUT2D eigenvalue weighted by Crippen LogP contribution is 2.21. The molecular weight excluding hydrogens is 306 g/mol. The summed E-state index contributed by atoms with van der Waals surface area (Å²) >= 11 is 0. The quantitative estimate of drug-likeness (QED) is 0.774. The van der Waals surface area contributed by atoms with Gasteiger partial charge in [0.05, 0.1) is 12.8 Å². The lowest BCUT2D eigenvalue weighted by molar-refractivity contribution is 0.118. The van der Waals surface area contributed by atoms with E-state index in [1.54, 1.807) is 4.90 Å². The standard InChI is InChI=1S/C13H25N5O3S/c1-17(2)13-15-12(21-16-13)10-18-9-5-4-6-11(18)7-8-14-22(3,19)20/h11,14H,4-10H2,1-3H3/t11-/m1/s1. The lowest BCUT2D eigenvalue weighted by Gasteiger charge is -2.34. The first-order valence-electron chi connectivity index (χ1n) is 7.54. The minimum absolute atomic E-state index is 0.345. The molecule has 8 nitrogen and oxygen atoms in total. The van der Waals surface area contributed by atoms with Crippen molar-refractivity contribution >= 4 is 16.0 Å². The summed E-state index contributed by atoms with van der Waals surface area (Å²) in [7, 11) is 0.618. The van der Waals surface area contributed by atoms with Crippen molar-refractivity contribution in [1.82, 2.24) is 19.8 Å². The molecule has 2 heterocycles. The normalized spacial score (nSPS) is 20.2. The van der Waals surface area contributed by atoms with Gasteiger partial charge in [0.25, 0.3) is 5.95 Å². The molecule has 0 radical (unpaired) electrons. The Morgan fingerprint density at radius 2 is 2.18 bits per heavy atom. The molecule has 0 saturated carbocycles. The van der Waals surface area contributed by atoms with E-state index in [0.717, 1.165) is 25.8 Å². The van der Waals surface area contributed by atoms with Crippen molar-refractivity contribution in [2.45, 2.75) is 38.3 Å². The van der Waals surface area contributed by atoms with Crippen LogP contribution in [0.4, 0.5) is 5.95 Å². The van der Waals surface area contributed by atoms with E-state index in [-0.39, 0.29) is 0 Å². The minimum Gasteiger partial charge on any atom is -0.344 e. The zero-order valence-electron chi connectivity index (χ0n) is 13.4. The fourth-order valence-corrected chi connectivity index (χ4v) is 3.16. The molecule has 2 rings (SSSR count). The van der Waals surface area contributed by atoms with Crippen molar-refractivity contribution in [2.75, 3.05) is 38.3 Å². The van der Waals surface area contributed by atoms with Gasteiger partial charge in [-0.3, -0.25) is 4.90 Å². The van der Waals surface area contributed by atoms with Gasteiger partial charge >= 0.3 is 0 Å². The second kappa shape index (κ2) is 7.38. The molecule has 1 atom stereocenters. The van der Waals surface area contributed by atoms with Gasteiger partial charge in [0.1, 0.15) is 0 Å². The number of hydrogen-bond donors (Lipinski definition) is 1. The highest BCUT2D eigenvalue weighted by atomic mass is 32.2. The fraction of sp³-hybridized carbons (Fsp3) is 0.846. The number of anilines is 1. The zero-order valence-corrected chi connectivity index (χ0v) is 14.3. The highest BCUT2D eigenvalue weighted by molar-refractivity contribution is 7.88. The number of aromatic nitrogens is 2. The van der Waals surface area contributed by atoms with Crippen LogP contribution in [0.1, 0.15) is 31.6 Å². The lowest BCUT2D eigenvalue weighted by Crippen LogP contribution is -2.41. The number of nitrogens with one attached hydrogen (secondary N) is 1. The number of likely N-dealkylation sites (tertiary alicyclic amines) is 1. The third kappa shape index (κ3) is 5.22. The Bertz CT molecular complexity index is 572. The molecule has 1 aromatic rings. The van der Waals surface area contributed by atoms with Crippen LogP contribution in [0.2, 0.25) is 0 Å². The van der Waals surface area contributed by atoms with Crippen molar-refractivity contribution in [3.05, 3.63) is 5.89 Å². The monoisotopic (exact) mass is 331 g/mol. The van der Waals surface area contributed by atoms with Crippen molar-refractivity contribution in [1.29, 1.82) is 0 Å². The summed E-state index contributed by atoms with van der Waals surface area (Å²) in [5.41, 5.74) is 0. The molecule has 1 aliphatic rings. The van der Waals surface area contributed by atoms with Crippen LogP contribution in [0.5, 0.6) is 0 Å². The molecule has 1 saturated heterocycles. The molecule has 0 aromatic carbocycles. The Kier molecular flexibility index (Phi) is 5.76. The number of piperidine rings is 1. The third-order valence-corrected chi connectivity index (χ3v) is 4.52. The van der Waals surface area contributed by atoms with Crippen LogP contribution in [0.25, 0.3) is 0 Å². The topological polar surface area (TPSA) is 91.6 Å². The first-order valence-corrected chi connectivity index (χ1v) is 9.43. The summed E-state index contributed by atoms with van der Waals surface area (Å²) < 4.78 is 30.1. The largest absolute Gasteiger partial charge is 0.344 e. The first kappa shape index (κ1) is 17.2. The molecule has 0 amide bonds. The molecule has 1 N–H and O–H groups in total. The van der Waals surface area contributed by atoms with Crippen LogP contribution in [0, 0.1) is 0 Å². The van der Waals surface area contributed by atoms with Crippen molar-refractivity contribution in [3.8, 4) is 0 Å². The van der Waals surface area contributed by atoms with Crippen molar-refractivity contribution in [2.24, 2.45) is 0 Å². The summed E-state index contributed by atoms with van der Waals surface area (Å²) in [6.07, 6.45) is 5.37. The van der Waals surface area contributed by atoms with Crippen LogP contribution >= 0.6 is 0 Å². The van der Waals surface area contributed by atoms with Gasteiger partial charge < -0.3 is 9.42 Å². The maximum atomic E-state index is 11.1. The van der Waals surface area contributed by atoms with Gasteiger partial charge in [-0.2, -0.15) is 4.98 Å². The highest BCUT2D eigenvalue weighted by Gasteiger charge is 2.24. The van der Waals surface area contributed by atoms with E-state index >= 15 is 0 Å². The molecule has 1 fully saturated rings. The molecule has 0 aliphatic carbocycles. The van der Waals surface area contributed by atoms with Gasteiger partial charge in [-0.15, -0.1) is 0 Å². The van der Waals surface area contributed by atoms with Gasteiger partial charge in [0, 0.05) is 26.7 Å². The molecule has 9 heteroatoms. The number of rotatable bonds is 7. The molecule has 0 unspecified atom stereocenters. The summed E-state index contributed by atoms with van der Waals surface area (Å²) in [6.45, 7) is 2.06. The van der Waals surface area contributed by atoms with Crippen molar-refractivity contribution in [3.63, 3.8) is 0 Å². The second-order valence-electron chi connectivity index (χ2n) is 5.96. The first-order chi connectivity index (χ1) is 10.3. The molecule has 1 aromatic heterocycles. The number of nitrogens with zero attached hydrogens (tertiary/aromatic N) is 4. The fourth-order valence-electron chi connectivity index (χ4n) is 2.67. The average molecular weight is 331 g/mol. The number of hydrogen-bond acceptors (Lipinski definition) is 7. The smallest absolute Gasteiger partial charge is 0.265 e. The average Bonchev–Trinajstić information content (AvgIpc) is 2.88. The van der Waals surface area contributed by atoms with Crippen LogP contribution < -0.4 is 9.62 Å². The third-order valence-electron chi connectivity index (χ3n) is 3.79. The van der Waals surface area contributed by atoms with Crippen LogP contribution in [-0.4, -0.2) is 62.9 Å². The Hall–Kier alpha value is -1.19. The summed E-state index contributed by atoms with van der Waals surface area (Å²) in [4.78, 5) is 8.46. The lowest BCUT2D eigenvalue weighted by atomic mass is 9.99. The molecule has 1 aliphatic heterocycles. The van der Waals surface area contributed by atoms with Gasteiger partial charge in [0.15, 0.2) is 0 Å². The van der Waals surface area contributed by atoms with Crippen LogP contribution in [0.3, 0.4) is 0 Å². The van der Waals surface area contributed by atoms with Crippen LogP contribution in [0.15, 0.2) is 4.52 Å². The summed E-state index contributed by atoms with van der Waals surface area (Å²) in [6, 6.07) is 0.345. The van der Waals surface area contributed by atoms with E-state index in [1.807, 2.05) is 14.1 Å². The summed E-state index contributed by atoms with van der Waals surface area (Å²) in [5.74, 6) is 1.17. The molecular formula is C13H25N5O3S. The van der Waals surface area contributed by atoms with Gasteiger partial charge in [0.2, 0.25) is 15.9 Å². The Balaban J connectivity index is 1.91. The van der Waals surface area contributed by atoms with E-state index in [0.29, 0.717) is 31.0 Å². The number of sulfonamides is 1. The zero-order chi connectivity index (χ0) is 16.2. The van der Waals surface area contributed by atoms with E-state index in [1.165, 1.54) is 12.7 Å². The molecule has 0 bridgehead atoms. The van der Waals surface area contributed by atoms with E-state index < -0.39 is 10.0 Å². The minimum atomic E-state index is -3.12. The Morgan fingerprint density at radius 1 is 1.41 bits per heavy atom. The molecule has 126 valence electrons.